The quantitative estimate of drug-likeness (QED) is 0.592. The third-order valence-corrected chi connectivity index (χ3v) is 3.31. The van der Waals surface area contributed by atoms with E-state index in [2.05, 4.69) is 30.4 Å². The molecule has 8 nitrogen and oxygen atoms in total. The monoisotopic (exact) mass is 280 g/mol. The van der Waals surface area contributed by atoms with E-state index < -0.39 is 0 Å². The largest absolute Gasteiger partial charge is 0.371 e. The van der Waals surface area contributed by atoms with E-state index in [9.17, 15) is 0 Å². The highest BCUT2D eigenvalue weighted by molar-refractivity contribution is 5.86. The molecular formula is C13H12N8. The molecule has 4 aromatic heterocycles. The number of fused-ring (bicyclic) bond motifs is 3. The first-order valence-corrected chi connectivity index (χ1v) is 6.43. The molecule has 0 amide bonds. The first-order valence-electron chi connectivity index (χ1n) is 6.43. The average Bonchev–Trinajstić information content (AvgIpc) is 3.11. The molecule has 0 aliphatic carbocycles. The van der Waals surface area contributed by atoms with Gasteiger partial charge in [-0.15, -0.1) is 0 Å². The van der Waals surface area contributed by atoms with Crippen LogP contribution in [0.4, 0.5) is 5.82 Å². The van der Waals surface area contributed by atoms with Gasteiger partial charge in [-0.05, 0) is 0 Å². The summed E-state index contributed by atoms with van der Waals surface area (Å²) in [6.45, 7) is 0. The van der Waals surface area contributed by atoms with Gasteiger partial charge in [0, 0.05) is 32.6 Å². The summed E-state index contributed by atoms with van der Waals surface area (Å²) in [5.41, 5.74) is 3.83. The Morgan fingerprint density at radius 2 is 2.05 bits per heavy atom. The number of aromatic nitrogens is 7. The predicted molar refractivity (Wildman–Crippen MR) is 77.8 cm³/mol. The smallest absolute Gasteiger partial charge is 0.167 e. The van der Waals surface area contributed by atoms with E-state index in [1.54, 1.807) is 29.4 Å². The number of nitrogens with one attached hydrogen (secondary N) is 1. The molecule has 0 bridgehead atoms. The molecule has 0 fully saturated rings. The van der Waals surface area contributed by atoms with Crippen molar-refractivity contribution in [2.45, 2.75) is 0 Å². The van der Waals surface area contributed by atoms with Crippen LogP contribution >= 0.6 is 0 Å². The Morgan fingerprint density at radius 3 is 2.81 bits per heavy atom. The predicted octanol–water partition coefficient (Wildman–Crippen LogP) is 1.11. The standard InChI is InChI=1S/C13H12N8/c1-14-12-11-13(20(2)7-17-11)21-10(18-12)5-8(19-21)9-6-15-3-4-16-9/h3-7H,1-2H3,(H,14,18). The summed E-state index contributed by atoms with van der Waals surface area (Å²) < 4.78 is 3.69. The maximum atomic E-state index is 4.58. The number of anilines is 1. The molecule has 104 valence electrons. The molecule has 0 saturated heterocycles. The summed E-state index contributed by atoms with van der Waals surface area (Å²) in [6.07, 6.45) is 6.71. The molecule has 0 aromatic carbocycles. The maximum absolute atomic E-state index is 4.58. The van der Waals surface area contributed by atoms with E-state index in [0.29, 0.717) is 5.69 Å². The van der Waals surface area contributed by atoms with Gasteiger partial charge in [0.2, 0.25) is 0 Å². The fourth-order valence-corrected chi connectivity index (χ4v) is 2.35. The van der Waals surface area contributed by atoms with Crippen LogP contribution < -0.4 is 5.32 Å². The minimum Gasteiger partial charge on any atom is -0.371 e. The van der Waals surface area contributed by atoms with Crippen LogP contribution in [-0.4, -0.2) is 41.2 Å². The van der Waals surface area contributed by atoms with Gasteiger partial charge in [-0.1, -0.05) is 0 Å². The summed E-state index contributed by atoms with van der Waals surface area (Å²) in [7, 11) is 3.75. The summed E-state index contributed by atoms with van der Waals surface area (Å²) in [4.78, 5) is 17.3. The highest BCUT2D eigenvalue weighted by Gasteiger charge is 2.15. The number of rotatable bonds is 2. The Labute approximate surface area is 119 Å². The zero-order chi connectivity index (χ0) is 14.4. The molecule has 0 aliphatic heterocycles. The molecule has 4 heterocycles. The van der Waals surface area contributed by atoms with Crippen LogP contribution in [0.5, 0.6) is 0 Å². The van der Waals surface area contributed by atoms with E-state index in [1.165, 1.54) is 0 Å². The van der Waals surface area contributed by atoms with Crippen molar-refractivity contribution < 1.29 is 0 Å². The summed E-state index contributed by atoms with van der Waals surface area (Å²) in [5, 5.41) is 7.65. The normalized spacial score (nSPS) is 11.3. The Balaban J connectivity index is 2.07. The van der Waals surface area contributed by atoms with Crippen molar-refractivity contribution in [1.29, 1.82) is 0 Å². The summed E-state index contributed by atoms with van der Waals surface area (Å²) in [6, 6.07) is 1.89. The SMILES string of the molecule is CNc1nc2cc(-c3cnccn3)nn2c2c1ncn2C. The highest BCUT2D eigenvalue weighted by atomic mass is 15.3. The first-order chi connectivity index (χ1) is 10.3. The fraction of sp³-hybridized carbons (Fsp3) is 0.154. The Bertz CT molecular complexity index is 937. The lowest BCUT2D eigenvalue weighted by Crippen LogP contribution is -2.02. The van der Waals surface area contributed by atoms with E-state index in [1.807, 2.05) is 24.7 Å². The van der Waals surface area contributed by atoms with E-state index >= 15 is 0 Å². The Kier molecular flexibility index (Phi) is 2.37. The molecule has 8 heteroatoms. The van der Waals surface area contributed by atoms with Gasteiger partial charge in [0.05, 0.1) is 12.5 Å². The molecule has 4 aromatic rings. The molecule has 4 rings (SSSR count). The van der Waals surface area contributed by atoms with Crippen LogP contribution in [0.3, 0.4) is 0 Å². The topological polar surface area (TPSA) is 85.8 Å². The van der Waals surface area contributed by atoms with Gasteiger partial charge in [0.1, 0.15) is 11.4 Å². The van der Waals surface area contributed by atoms with Crippen LogP contribution in [0.1, 0.15) is 0 Å². The number of aryl methyl sites for hydroxylation is 1. The third kappa shape index (κ3) is 1.65. The van der Waals surface area contributed by atoms with Crippen LogP contribution in [0.15, 0.2) is 31.0 Å². The van der Waals surface area contributed by atoms with Crippen LogP contribution in [-0.2, 0) is 7.05 Å². The van der Waals surface area contributed by atoms with Crippen molar-refractivity contribution in [2.24, 2.45) is 7.05 Å². The molecule has 0 atom stereocenters. The van der Waals surface area contributed by atoms with Gasteiger partial charge in [-0.2, -0.15) is 9.61 Å². The fourth-order valence-electron chi connectivity index (χ4n) is 2.35. The van der Waals surface area contributed by atoms with Crippen molar-refractivity contribution in [2.75, 3.05) is 12.4 Å². The third-order valence-electron chi connectivity index (χ3n) is 3.31. The van der Waals surface area contributed by atoms with E-state index in [0.717, 1.165) is 28.3 Å². The van der Waals surface area contributed by atoms with Gasteiger partial charge in [0.25, 0.3) is 0 Å². The second-order valence-corrected chi connectivity index (χ2v) is 4.63. The number of hydrogen-bond acceptors (Lipinski definition) is 6. The molecule has 0 unspecified atom stereocenters. The second kappa shape index (κ2) is 4.23. The van der Waals surface area contributed by atoms with Crippen molar-refractivity contribution in [3.05, 3.63) is 31.0 Å². The minimum absolute atomic E-state index is 0.712. The van der Waals surface area contributed by atoms with E-state index in [-0.39, 0.29) is 0 Å². The lowest BCUT2D eigenvalue weighted by molar-refractivity contribution is 0.875. The molecule has 0 radical (unpaired) electrons. The van der Waals surface area contributed by atoms with Gasteiger partial charge in [-0.3, -0.25) is 9.97 Å². The average molecular weight is 280 g/mol. The maximum Gasteiger partial charge on any atom is 0.167 e. The molecule has 0 spiro atoms. The van der Waals surface area contributed by atoms with Crippen molar-refractivity contribution in [3.8, 4) is 11.4 Å². The molecular weight excluding hydrogens is 268 g/mol. The van der Waals surface area contributed by atoms with Gasteiger partial charge in [-0.25, -0.2) is 9.97 Å². The number of hydrogen-bond donors (Lipinski definition) is 1. The molecule has 0 aliphatic rings. The number of imidazole rings is 1. The second-order valence-electron chi connectivity index (χ2n) is 4.63. The zero-order valence-corrected chi connectivity index (χ0v) is 11.5. The van der Waals surface area contributed by atoms with Gasteiger partial charge in [0.15, 0.2) is 22.6 Å². The van der Waals surface area contributed by atoms with Gasteiger partial charge < -0.3 is 9.88 Å². The van der Waals surface area contributed by atoms with Crippen LogP contribution in [0.2, 0.25) is 0 Å². The zero-order valence-electron chi connectivity index (χ0n) is 11.5. The lowest BCUT2D eigenvalue weighted by Gasteiger charge is -2.03. The molecule has 21 heavy (non-hydrogen) atoms. The highest BCUT2D eigenvalue weighted by Crippen LogP contribution is 2.23. The van der Waals surface area contributed by atoms with E-state index in [4.69, 9.17) is 0 Å². The number of nitrogens with zero attached hydrogens (tertiary/aromatic N) is 7. The molecule has 1 N–H and O–H groups in total. The minimum atomic E-state index is 0.712. The first kappa shape index (κ1) is 11.8. The van der Waals surface area contributed by atoms with Crippen molar-refractivity contribution in [3.63, 3.8) is 0 Å². The van der Waals surface area contributed by atoms with Crippen LogP contribution in [0, 0.1) is 0 Å². The Morgan fingerprint density at radius 1 is 1.14 bits per heavy atom. The van der Waals surface area contributed by atoms with Crippen molar-refractivity contribution in [1.82, 2.24) is 34.1 Å². The molecule has 0 saturated carbocycles. The lowest BCUT2D eigenvalue weighted by atomic mass is 10.3. The van der Waals surface area contributed by atoms with Crippen LogP contribution in [0.25, 0.3) is 28.2 Å². The Hall–Kier alpha value is -3.03. The summed E-state index contributed by atoms with van der Waals surface area (Å²) >= 11 is 0. The summed E-state index contributed by atoms with van der Waals surface area (Å²) in [5.74, 6) is 0.726. The van der Waals surface area contributed by atoms with Crippen molar-refractivity contribution >= 4 is 22.6 Å². The van der Waals surface area contributed by atoms with Gasteiger partial charge >= 0.3 is 0 Å².